The zero-order valence-electron chi connectivity index (χ0n) is 6.93. The fourth-order valence-corrected chi connectivity index (χ4v) is 2.27. The molecular formula is C10H9Cl3. The Kier molecular flexibility index (Phi) is 2.73. The largest absolute Gasteiger partial charge is 0.117 e. The van der Waals surface area contributed by atoms with Gasteiger partial charge in [0.25, 0.3) is 0 Å². The second-order valence-electron chi connectivity index (χ2n) is 3.41. The minimum atomic E-state index is 0.0335. The Morgan fingerprint density at radius 3 is 2.54 bits per heavy atom. The summed E-state index contributed by atoms with van der Waals surface area (Å²) < 4.78 is 0. The second-order valence-corrected chi connectivity index (χ2v) is 4.72. The van der Waals surface area contributed by atoms with Crippen LogP contribution in [0.25, 0.3) is 0 Å². The molecule has 1 fully saturated rings. The molecule has 0 aliphatic heterocycles. The molecule has 0 spiro atoms. The number of alkyl halides is 1. The van der Waals surface area contributed by atoms with E-state index in [0.29, 0.717) is 10.9 Å². The van der Waals surface area contributed by atoms with Crippen LogP contribution in [0, 0.1) is 5.92 Å². The molecule has 3 heteroatoms. The normalized spacial score (nSPS) is 18.7. The molecule has 0 aromatic heterocycles. The smallest absolute Gasteiger partial charge is 0.0628 e. The molecule has 0 saturated heterocycles. The first-order chi connectivity index (χ1) is 6.18. The van der Waals surface area contributed by atoms with E-state index >= 15 is 0 Å². The Hall–Kier alpha value is 0.0900. The molecule has 1 aromatic rings. The van der Waals surface area contributed by atoms with Crippen molar-refractivity contribution in [2.75, 3.05) is 0 Å². The van der Waals surface area contributed by atoms with E-state index in [4.69, 9.17) is 34.8 Å². The van der Waals surface area contributed by atoms with Crippen LogP contribution in [0.1, 0.15) is 23.8 Å². The molecule has 1 aliphatic rings. The highest BCUT2D eigenvalue weighted by Gasteiger charge is 2.31. The maximum atomic E-state index is 6.24. The van der Waals surface area contributed by atoms with E-state index < -0.39 is 0 Å². The van der Waals surface area contributed by atoms with E-state index in [-0.39, 0.29) is 5.38 Å². The first-order valence-corrected chi connectivity index (χ1v) is 5.47. The van der Waals surface area contributed by atoms with Gasteiger partial charge in [0.2, 0.25) is 0 Å². The third-order valence-corrected chi connectivity index (χ3v) is 3.46. The maximum absolute atomic E-state index is 6.24. The van der Waals surface area contributed by atoms with Crippen LogP contribution in [-0.4, -0.2) is 0 Å². The molecule has 1 unspecified atom stereocenters. The monoisotopic (exact) mass is 234 g/mol. The Bertz CT molecular complexity index is 318. The summed E-state index contributed by atoms with van der Waals surface area (Å²) >= 11 is 18.1. The van der Waals surface area contributed by atoms with E-state index in [9.17, 15) is 0 Å². The fourth-order valence-electron chi connectivity index (χ4n) is 1.37. The molecule has 1 saturated carbocycles. The van der Waals surface area contributed by atoms with Gasteiger partial charge in [-0.15, -0.1) is 11.6 Å². The Morgan fingerprint density at radius 1 is 1.23 bits per heavy atom. The lowest BCUT2D eigenvalue weighted by molar-refractivity contribution is 0.798. The molecule has 13 heavy (non-hydrogen) atoms. The molecular weight excluding hydrogens is 226 g/mol. The van der Waals surface area contributed by atoms with E-state index in [1.54, 1.807) is 12.1 Å². The third-order valence-electron chi connectivity index (χ3n) is 2.29. The number of halogens is 3. The van der Waals surface area contributed by atoms with Gasteiger partial charge in [-0.2, -0.15) is 0 Å². The minimum absolute atomic E-state index is 0.0335. The highest BCUT2D eigenvalue weighted by molar-refractivity contribution is 6.34. The van der Waals surface area contributed by atoms with Crippen molar-refractivity contribution in [1.29, 1.82) is 0 Å². The zero-order valence-corrected chi connectivity index (χ0v) is 9.20. The third kappa shape index (κ3) is 2.12. The van der Waals surface area contributed by atoms with E-state index in [1.807, 2.05) is 6.07 Å². The number of hydrogen-bond acceptors (Lipinski definition) is 0. The molecule has 0 nitrogen and oxygen atoms in total. The van der Waals surface area contributed by atoms with Gasteiger partial charge in [-0.25, -0.2) is 0 Å². The number of benzene rings is 1. The molecule has 0 radical (unpaired) electrons. The second kappa shape index (κ2) is 3.68. The first-order valence-electron chi connectivity index (χ1n) is 4.27. The van der Waals surface area contributed by atoms with Crippen LogP contribution >= 0.6 is 34.8 Å². The lowest BCUT2D eigenvalue weighted by atomic mass is 10.1. The van der Waals surface area contributed by atoms with Crippen LogP contribution in [0.15, 0.2) is 18.2 Å². The summed E-state index contributed by atoms with van der Waals surface area (Å²) in [6.07, 6.45) is 2.41. The summed E-state index contributed by atoms with van der Waals surface area (Å²) in [6.45, 7) is 0. The van der Waals surface area contributed by atoms with Crippen LogP contribution < -0.4 is 0 Å². The topological polar surface area (TPSA) is 0 Å². The lowest BCUT2D eigenvalue weighted by Crippen LogP contribution is -1.93. The van der Waals surface area contributed by atoms with Gasteiger partial charge >= 0.3 is 0 Å². The number of hydrogen-bond donors (Lipinski definition) is 0. The summed E-state index contributed by atoms with van der Waals surface area (Å²) in [5.74, 6) is 0.595. The van der Waals surface area contributed by atoms with Gasteiger partial charge in [0.1, 0.15) is 0 Å². The molecule has 2 rings (SSSR count). The van der Waals surface area contributed by atoms with Crippen LogP contribution in [0.4, 0.5) is 0 Å². The van der Waals surface area contributed by atoms with Crippen molar-refractivity contribution in [1.82, 2.24) is 0 Å². The van der Waals surface area contributed by atoms with Crippen molar-refractivity contribution >= 4 is 34.8 Å². The lowest BCUT2D eigenvalue weighted by Gasteiger charge is -2.10. The Labute approximate surface area is 92.8 Å². The molecule has 1 aromatic carbocycles. The van der Waals surface area contributed by atoms with Crippen molar-refractivity contribution in [3.63, 3.8) is 0 Å². The number of rotatable bonds is 2. The van der Waals surface area contributed by atoms with Gasteiger partial charge in [0.05, 0.1) is 5.38 Å². The predicted octanol–water partition coefficient (Wildman–Crippen LogP) is 4.68. The average molecular weight is 236 g/mol. The predicted molar refractivity (Wildman–Crippen MR) is 57.8 cm³/mol. The summed E-state index contributed by atoms with van der Waals surface area (Å²) in [5, 5.41) is 1.45. The Balaban J connectivity index is 2.31. The standard InChI is InChI=1S/C10H9Cl3/c11-7-3-4-9(12)8(5-7)10(13)6-1-2-6/h3-6,10H,1-2H2. The van der Waals surface area contributed by atoms with Gasteiger partial charge in [-0.3, -0.25) is 0 Å². The van der Waals surface area contributed by atoms with E-state index in [0.717, 1.165) is 10.6 Å². The van der Waals surface area contributed by atoms with Crippen molar-refractivity contribution < 1.29 is 0 Å². The van der Waals surface area contributed by atoms with Crippen LogP contribution in [0.5, 0.6) is 0 Å². The highest BCUT2D eigenvalue weighted by Crippen LogP contribution is 2.47. The van der Waals surface area contributed by atoms with Gasteiger partial charge in [0, 0.05) is 10.0 Å². The molecule has 0 N–H and O–H groups in total. The Morgan fingerprint density at radius 2 is 1.92 bits per heavy atom. The quantitative estimate of drug-likeness (QED) is 0.653. The SMILES string of the molecule is Clc1ccc(Cl)c(C(Cl)C2CC2)c1. The molecule has 0 heterocycles. The van der Waals surface area contributed by atoms with Crippen LogP contribution in [0.2, 0.25) is 10.0 Å². The minimum Gasteiger partial charge on any atom is -0.117 e. The molecule has 0 amide bonds. The first kappa shape index (κ1) is 9.64. The summed E-state index contributed by atoms with van der Waals surface area (Å²) in [5.41, 5.74) is 0.971. The van der Waals surface area contributed by atoms with E-state index in [1.165, 1.54) is 12.8 Å². The highest BCUT2D eigenvalue weighted by atomic mass is 35.5. The van der Waals surface area contributed by atoms with Gasteiger partial charge in [0.15, 0.2) is 0 Å². The fraction of sp³-hybridized carbons (Fsp3) is 0.400. The van der Waals surface area contributed by atoms with Crippen LogP contribution in [0.3, 0.4) is 0 Å². The molecule has 70 valence electrons. The summed E-state index contributed by atoms with van der Waals surface area (Å²) in [4.78, 5) is 0. The molecule has 1 aliphatic carbocycles. The molecule has 1 atom stereocenters. The zero-order chi connectivity index (χ0) is 9.42. The summed E-state index contributed by atoms with van der Waals surface area (Å²) in [7, 11) is 0. The van der Waals surface area contributed by atoms with Gasteiger partial charge < -0.3 is 0 Å². The van der Waals surface area contributed by atoms with E-state index in [2.05, 4.69) is 0 Å². The van der Waals surface area contributed by atoms with Crippen molar-refractivity contribution in [2.45, 2.75) is 18.2 Å². The van der Waals surface area contributed by atoms with Crippen molar-refractivity contribution in [3.05, 3.63) is 33.8 Å². The van der Waals surface area contributed by atoms with Gasteiger partial charge in [-0.05, 0) is 42.5 Å². The van der Waals surface area contributed by atoms with Crippen molar-refractivity contribution in [2.24, 2.45) is 5.92 Å². The van der Waals surface area contributed by atoms with Crippen LogP contribution in [-0.2, 0) is 0 Å². The van der Waals surface area contributed by atoms with Crippen molar-refractivity contribution in [3.8, 4) is 0 Å². The maximum Gasteiger partial charge on any atom is 0.0628 e. The van der Waals surface area contributed by atoms with Gasteiger partial charge in [-0.1, -0.05) is 23.2 Å². The molecule has 0 bridgehead atoms. The average Bonchev–Trinajstić information content (AvgIpc) is 2.91. The summed E-state index contributed by atoms with van der Waals surface area (Å²) in [6, 6.07) is 5.45.